The van der Waals surface area contributed by atoms with E-state index in [2.05, 4.69) is 27.3 Å². The van der Waals surface area contributed by atoms with Crippen LogP contribution in [0.4, 0.5) is 4.39 Å². The number of hydrogen-bond acceptors (Lipinski definition) is 4. The average molecular weight is 359 g/mol. The Bertz CT molecular complexity index is 752. The van der Waals surface area contributed by atoms with Gasteiger partial charge < -0.3 is 15.1 Å². The summed E-state index contributed by atoms with van der Waals surface area (Å²) in [5, 5.41) is 7.12. The van der Waals surface area contributed by atoms with Crippen molar-refractivity contribution in [2.75, 3.05) is 46.3 Å². The molecule has 1 aromatic carbocycles. The third-order valence-corrected chi connectivity index (χ3v) is 4.87. The summed E-state index contributed by atoms with van der Waals surface area (Å²) in [6.45, 7) is 7.75. The van der Waals surface area contributed by atoms with Crippen LogP contribution in [-0.2, 0) is 0 Å². The fourth-order valence-corrected chi connectivity index (χ4v) is 3.17. The highest BCUT2D eigenvalue weighted by atomic mass is 19.1. The zero-order chi connectivity index (χ0) is 18.5. The van der Waals surface area contributed by atoms with Gasteiger partial charge in [0.1, 0.15) is 11.5 Å². The van der Waals surface area contributed by atoms with Crippen molar-refractivity contribution in [3.63, 3.8) is 0 Å². The zero-order valence-electron chi connectivity index (χ0n) is 15.4. The number of hydrogen-bond donors (Lipinski definition) is 1. The molecule has 1 aliphatic heterocycles. The summed E-state index contributed by atoms with van der Waals surface area (Å²) in [4.78, 5) is 17.2. The van der Waals surface area contributed by atoms with E-state index in [0.29, 0.717) is 23.5 Å². The molecule has 0 radical (unpaired) electrons. The smallest absolute Gasteiger partial charge is 0.254 e. The summed E-state index contributed by atoms with van der Waals surface area (Å²) < 4.78 is 15.4. The minimum absolute atomic E-state index is 0.163. The van der Waals surface area contributed by atoms with Crippen LogP contribution in [0.25, 0.3) is 5.69 Å². The molecule has 0 atom stereocenters. The average Bonchev–Trinajstić information content (AvgIpc) is 3.02. The first-order chi connectivity index (χ1) is 12.6. The van der Waals surface area contributed by atoms with E-state index in [-0.39, 0.29) is 11.7 Å². The number of benzene rings is 1. The molecule has 1 saturated heterocycles. The van der Waals surface area contributed by atoms with Crippen molar-refractivity contribution in [3.8, 4) is 5.69 Å². The quantitative estimate of drug-likeness (QED) is 0.798. The van der Waals surface area contributed by atoms with Gasteiger partial charge in [-0.15, -0.1) is 0 Å². The highest BCUT2D eigenvalue weighted by molar-refractivity contribution is 5.95. The Kier molecular flexibility index (Phi) is 6.00. The summed E-state index contributed by atoms with van der Waals surface area (Å²) in [5.74, 6) is -0.527. The molecular formula is C19H26FN5O. The van der Waals surface area contributed by atoms with Gasteiger partial charge in [-0.2, -0.15) is 5.10 Å². The van der Waals surface area contributed by atoms with E-state index < -0.39 is 0 Å². The molecule has 7 heteroatoms. The summed E-state index contributed by atoms with van der Waals surface area (Å²) >= 11 is 0. The van der Waals surface area contributed by atoms with Crippen molar-refractivity contribution in [1.82, 2.24) is 24.9 Å². The second-order valence-corrected chi connectivity index (χ2v) is 6.76. The van der Waals surface area contributed by atoms with Crippen LogP contribution in [-0.4, -0.2) is 71.8 Å². The molecule has 0 bridgehead atoms. The summed E-state index contributed by atoms with van der Waals surface area (Å²) in [5.41, 5.74) is 1.46. The molecule has 0 unspecified atom stereocenters. The van der Waals surface area contributed by atoms with Gasteiger partial charge in [-0.3, -0.25) is 4.79 Å². The predicted octanol–water partition coefficient (Wildman–Crippen LogP) is 1.69. The number of rotatable bonds is 6. The zero-order valence-corrected chi connectivity index (χ0v) is 15.4. The molecule has 2 heterocycles. The van der Waals surface area contributed by atoms with Gasteiger partial charge in [0, 0.05) is 32.7 Å². The van der Waals surface area contributed by atoms with Gasteiger partial charge in [0.05, 0.1) is 17.5 Å². The van der Waals surface area contributed by atoms with Gasteiger partial charge in [-0.05, 0) is 39.1 Å². The number of aromatic nitrogens is 2. The number of nitrogens with one attached hydrogen (secondary N) is 1. The van der Waals surface area contributed by atoms with Crippen molar-refractivity contribution >= 4 is 5.91 Å². The van der Waals surface area contributed by atoms with Crippen LogP contribution in [0.5, 0.6) is 0 Å². The number of carbonyl (C=O) groups is 1. The fraction of sp³-hybridized carbons (Fsp3) is 0.474. The van der Waals surface area contributed by atoms with Gasteiger partial charge in [-0.1, -0.05) is 12.1 Å². The monoisotopic (exact) mass is 359 g/mol. The van der Waals surface area contributed by atoms with E-state index in [1.54, 1.807) is 25.1 Å². The third-order valence-electron chi connectivity index (χ3n) is 4.87. The molecule has 1 N–H and O–H groups in total. The number of halogens is 1. The van der Waals surface area contributed by atoms with Gasteiger partial charge in [0.15, 0.2) is 0 Å². The summed E-state index contributed by atoms with van der Waals surface area (Å²) in [7, 11) is 2.14. The van der Waals surface area contributed by atoms with E-state index in [4.69, 9.17) is 0 Å². The molecule has 2 aromatic rings. The topological polar surface area (TPSA) is 53.4 Å². The maximum atomic E-state index is 13.9. The lowest BCUT2D eigenvalue weighted by Crippen LogP contribution is -2.45. The van der Waals surface area contributed by atoms with Crippen molar-refractivity contribution < 1.29 is 9.18 Å². The highest BCUT2D eigenvalue weighted by Crippen LogP contribution is 2.17. The van der Waals surface area contributed by atoms with Crippen LogP contribution in [0.1, 0.15) is 22.5 Å². The lowest BCUT2D eigenvalue weighted by atomic mass is 10.2. The Morgan fingerprint density at radius 2 is 1.96 bits per heavy atom. The van der Waals surface area contributed by atoms with Gasteiger partial charge in [0.2, 0.25) is 0 Å². The molecule has 0 spiro atoms. The first kappa shape index (κ1) is 18.5. The maximum Gasteiger partial charge on any atom is 0.254 e. The largest absolute Gasteiger partial charge is 0.352 e. The van der Waals surface area contributed by atoms with Gasteiger partial charge in [0.25, 0.3) is 5.91 Å². The van der Waals surface area contributed by atoms with Crippen LogP contribution in [0.15, 0.2) is 30.5 Å². The predicted molar refractivity (Wildman–Crippen MR) is 99.1 cm³/mol. The van der Waals surface area contributed by atoms with Crippen LogP contribution >= 0.6 is 0 Å². The first-order valence-electron chi connectivity index (χ1n) is 9.05. The Hall–Kier alpha value is -2.25. The fourth-order valence-electron chi connectivity index (χ4n) is 3.17. The number of likely N-dealkylation sites (N-methyl/N-ethyl adjacent to an activating group) is 1. The Morgan fingerprint density at radius 3 is 2.69 bits per heavy atom. The molecule has 140 valence electrons. The number of amides is 1. The Labute approximate surface area is 153 Å². The molecular weight excluding hydrogens is 333 g/mol. The number of carbonyl (C=O) groups excluding carboxylic acids is 1. The molecule has 0 aliphatic carbocycles. The lowest BCUT2D eigenvalue weighted by molar-refractivity contribution is 0.0949. The summed E-state index contributed by atoms with van der Waals surface area (Å²) in [6.07, 6.45) is 2.41. The van der Waals surface area contributed by atoms with Crippen LogP contribution in [0, 0.1) is 12.7 Å². The van der Waals surface area contributed by atoms with Crippen molar-refractivity contribution in [2.24, 2.45) is 0 Å². The number of nitrogens with zero attached hydrogens (tertiary/aromatic N) is 4. The standard InChI is InChI=1S/C19H26FN5O/c1-15-16(14-22-25(15)18-7-4-3-6-17(18)20)19(26)21-8-5-9-24-12-10-23(2)11-13-24/h3-4,6-7,14H,5,8-13H2,1-2H3,(H,21,26). The number of para-hydroxylation sites is 1. The second kappa shape index (κ2) is 8.42. The Morgan fingerprint density at radius 1 is 1.23 bits per heavy atom. The molecule has 1 amide bonds. The minimum atomic E-state index is -0.363. The maximum absolute atomic E-state index is 13.9. The van der Waals surface area contributed by atoms with E-state index >= 15 is 0 Å². The van der Waals surface area contributed by atoms with Crippen molar-refractivity contribution in [3.05, 3.63) is 47.5 Å². The molecule has 1 aliphatic rings. The van der Waals surface area contributed by atoms with Crippen molar-refractivity contribution in [2.45, 2.75) is 13.3 Å². The first-order valence-corrected chi connectivity index (χ1v) is 9.05. The lowest BCUT2D eigenvalue weighted by Gasteiger charge is -2.32. The van der Waals surface area contributed by atoms with Gasteiger partial charge >= 0.3 is 0 Å². The molecule has 1 fully saturated rings. The van der Waals surface area contributed by atoms with Gasteiger partial charge in [-0.25, -0.2) is 9.07 Å². The summed E-state index contributed by atoms with van der Waals surface area (Å²) in [6, 6.07) is 6.41. The molecule has 0 saturated carbocycles. The van der Waals surface area contributed by atoms with Crippen LogP contribution in [0.3, 0.4) is 0 Å². The van der Waals surface area contributed by atoms with Crippen LogP contribution in [0.2, 0.25) is 0 Å². The highest BCUT2D eigenvalue weighted by Gasteiger charge is 2.17. The van der Waals surface area contributed by atoms with Crippen LogP contribution < -0.4 is 5.32 Å². The Balaban J connectivity index is 1.52. The van der Waals surface area contributed by atoms with E-state index in [0.717, 1.165) is 39.1 Å². The molecule has 3 rings (SSSR count). The third kappa shape index (κ3) is 4.28. The molecule has 26 heavy (non-hydrogen) atoms. The minimum Gasteiger partial charge on any atom is -0.352 e. The normalized spacial score (nSPS) is 16.0. The second-order valence-electron chi connectivity index (χ2n) is 6.76. The van der Waals surface area contributed by atoms with E-state index in [1.807, 2.05) is 0 Å². The van der Waals surface area contributed by atoms with E-state index in [1.165, 1.54) is 16.9 Å². The SMILES string of the molecule is Cc1c(C(=O)NCCCN2CCN(C)CC2)cnn1-c1ccccc1F. The van der Waals surface area contributed by atoms with Crippen molar-refractivity contribution in [1.29, 1.82) is 0 Å². The molecule has 6 nitrogen and oxygen atoms in total. The molecule has 1 aromatic heterocycles. The van der Waals surface area contributed by atoms with E-state index in [9.17, 15) is 9.18 Å². The number of piperazine rings is 1.